The molecule has 0 radical (unpaired) electrons. The zero-order chi connectivity index (χ0) is 25.9. The van der Waals surface area contributed by atoms with Crippen molar-refractivity contribution in [3.63, 3.8) is 0 Å². The quantitative estimate of drug-likeness (QED) is 0.213. The molecule has 0 aliphatic heterocycles. The van der Waals surface area contributed by atoms with Crippen molar-refractivity contribution < 1.29 is 10.2 Å². The van der Waals surface area contributed by atoms with Gasteiger partial charge in [-0.1, -0.05) is 72.8 Å². The Morgan fingerprint density at radius 3 is 1.22 bits per heavy atom. The number of likely N-dealkylation sites (N-methyl/N-ethyl adjacent to an activating group) is 2. The number of hydrogen-bond donors (Lipinski definition) is 2. The highest BCUT2D eigenvalue weighted by molar-refractivity contribution is 5.84. The fourth-order valence-corrected chi connectivity index (χ4v) is 7.34. The van der Waals surface area contributed by atoms with Crippen molar-refractivity contribution in [1.29, 1.82) is 0 Å². The molecule has 0 amide bonds. The van der Waals surface area contributed by atoms with Gasteiger partial charge in [0, 0.05) is 0 Å². The number of fused-ring (bicyclic) bond motifs is 3. The molecule has 2 atom stereocenters. The first-order valence-corrected chi connectivity index (χ1v) is 13.4. The van der Waals surface area contributed by atoms with E-state index in [1.165, 1.54) is 22.3 Å². The summed E-state index contributed by atoms with van der Waals surface area (Å²) in [6, 6.07) is 38.9. The van der Waals surface area contributed by atoms with E-state index in [9.17, 15) is 10.2 Å². The molecule has 37 heavy (non-hydrogen) atoms. The normalized spacial score (nSPS) is 16.9. The van der Waals surface area contributed by atoms with E-state index in [0.717, 1.165) is 24.5 Å². The van der Waals surface area contributed by atoms with Crippen molar-refractivity contribution in [2.75, 3.05) is 39.4 Å². The first-order chi connectivity index (χ1) is 18.2. The largest absolute Gasteiger partial charge is 0.390 e. The molecular formula is C33H38N2O2+2. The maximum atomic E-state index is 10.7. The summed E-state index contributed by atoms with van der Waals surface area (Å²) < 4.78 is 1.06. The zero-order valence-electron chi connectivity index (χ0n) is 21.9. The number of hydrogen-bond acceptors (Lipinski definition) is 2. The molecule has 190 valence electrons. The summed E-state index contributed by atoms with van der Waals surface area (Å²) in [6.07, 6.45) is 0. The maximum absolute atomic E-state index is 10.7. The summed E-state index contributed by atoms with van der Waals surface area (Å²) >= 11 is 0. The molecule has 0 bridgehead atoms. The van der Waals surface area contributed by atoms with Gasteiger partial charge in [-0.05, 0) is 61.4 Å². The monoisotopic (exact) mass is 494 g/mol. The Hall–Kier alpha value is -3.28. The van der Waals surface area contributed by atoms with Gasteiger partial charge in [-0.15, -0.1) is 0 Å². The van der Waals surface area contributed by atoms with Crippen LogP contribution in [0.3, 0.4) is 0 Å². The zero-order valence-corrected chi connectivity index (χ0v) is 21.9. The van der Waals surface area contributed by atoms with Crippen LogP contribution in [-0.2, 0) is 5.66 Å². The van der Waals surface area contributed by atoms with E-state index in [1.54, 1.807) is 0 Å². The Labute approximate surface area is 220 Å². The summed E-state index contributed by atoms with van der Waals surface area (Å²) in [6.45, 7) is 7.20. The van der Waals surface area contributed by atoms with Gasteiger partial charge in [-0.3, -0.25) is 0 Å². The number of rotatable bonds is 10. The van der Waals surface area contributed by atoms with E-state index >= 15 is 0 Å². The number of aliphatic hydroxyl groups is 2. The van der Waals surface area contributed by atoms with Crippen LogP contribution in [0.1, 0.15) is 25.0 Å². The molecular weight excluding hydrogens is 456 g/mol. The molecule has 1 aliphatic carbocycles. The first-order valence-electron chi connectivity index (χ1n) is 13.4. The SMILES string of the molecule is CC[N+](CCO)(c1ccccc1)C1([N+](CC)(CCO)c2ccccc2)c2ccccc2-c2ccccc21. The lowest BCUT2D eigenvalue weighted by molar-refractivity contribution is -0.0286. The number of aliphatic hydroxyl groups excluding tert-OH is 2. The van der Waals surface area contributed by atoms with Crippen LogP contribution in [0.2, 0.25) is 0 Å². The summed E-state index contributed by atoms with van der Waals surface area (Å²) in [4.78, 5) is 0. The van der Waals surface area contributed by atoms with Crippen LogP contribution in [0.25, 0.3) is 11.1 Å². The third-order valence-corrected chi connectivity index (χ3v) is 8.68. The minimum Gasteiger partial charge on any atom is -0.390 e. The fourth-order valence-electron chi connectivity index (χ4n) is 7.34. The van der Waals surface area contributed by atoms with E-state index in [2.05, 4.69) is 123 Å². The van der Waals surface area contributed by atoms with Gasteiger partial charge in [0.05, 0.1) is 37.4 Å². The van der Waals surface area contributed by atoms with Gasteiger partial charge in [0.15, 0.2) is 0 Å². The molecule has 4 aromatic carbocycles. The minimum absolute atomic E-state index is 0.0481. The molecule has 5 rings (SSSR count). The number of para-hydroxylation sites is 2. The average molecular weight is 495 g/mol. The van der Waals surface area contributed by atoms with Gasteiger partial charge < -0.3 is 10.2 Å². The lowest BCUT2D eigenvalue weighted by Crippen LogP contribution is -2.80. The molecule has 0 saturated carbocycles. The van der Waals surface area contributed by atoms with E-state index in [1.807, 2.05) is 0 Å². The average Bonchev–Trinajstić information content (AvgIpc) is 3.27. The molecule has 0 heterocycles. The summed E-state index contributed by atoms with van der Waals surface area (Å²) in [5.74, 6) is 0. The van der Waals surface area contributed by atoms with Crippen LogP contribution < -0.4 is 8.97 Å². The molecule has 0 fully saturated rings. The third kappa shape index (κ3) is 3.44. The van der Waals surface area contributed by atoms with Gasteiger partial charge in [0.25, 0.3) is 5.66 Å². The molecule has 0 saturated heterocycles. The van der Waals surface area contributed by atoms with Crippen molar-refractivity contribution in [3.8, 4) is 11.1 Å². The second-order valence-corrected chi connectivity index (χ2v) is 9.90. The van der Waals surface area contributed by atoms with Gasteiger partial charge in [0.1, 0.15) is 24.5 Å². The smallest absolute Gasteiger partial charge is 0.289 e. The van der Waals surface area contributed by atoms with Gasteiger partial charge >= 0.3 is 0 Å². The second kappa shape index (κ2) is 10.2. The van der Waals surface area contributed by atoms with Gasteiger partial charge in [-0.25, -0.2) is 8.97 Å². The maximum Gasteiger partial charge on any atom is 0.289 e. The van der Waals surface area contributed by atoms with Crippen LogP contribution >= 0.6 is 0 Å². The summed E-state index contributed by atoms with van der Waals surface area (Å²) in [5, 5.41) is 21.5. The van der Waals surface area contributed by atoms with Crippen LogP contribution in [0, 0.1) is 0 Å². The molecule has 4 heteroatoms. The van der Waals surface area contributed by atoms with Gasteiger partial charge in [0.2, 0.25) is 0 Å². The standard InChI is InChI=1S/C33H38N2O2/c1-3-34(23-25-36,27-15-7-5-8-16-27)33(35(4-2,24-26-37)28-17-9-6-10-18-28)31-21-13-11-19-29(31)30-20-12-14-22-32(30)33/h5-22,36-37H,3-4,23-26H2,1-2H3/q+2. The Balaban J connectivity index is 2.06. The van der Waals surface area contributed by atoms with Crippen molar-refractivity contribution >= 4 is 11.4 Å². The van der Waals surface area contributed by atoms with Crippen LogP contribution in [-0.4, -0.2) is 49.6 Å². The predicted molar refractivity (Wildman–Crippen MR) is 154 cm³/mol. The fraction of sp³-hybridized carbons (Fsp3) is 0.273. The van der Waals surface area contributed by atoms with E-state index in [0.29, 0.717) is 22.1 Å². The topological polar surface area (TPSA) is 40.5 Å². The van der Waals surface area contributed by atoms with Crippen molar-refractivity contribution in [1.82, 2.24) is 8.97 Å². The Kier molecular flexibility index (Phi) is 7.02. The van der Waals surface area contributed by atoms with Crippen LogP contribution in [0.15, 0.2) is 109 Å². The molecule has 0 spiro atoms. The number of quaternary nitrogens is 2. The highest BCUT2D eigenvalue weighted by Gasteiger charge is 2.71. The van der Waals surface area contributed by atoms with Crippen LogP contribution in [0.5, 0.6) is 0 Å². The van der Waals surface area contributed by atoms with Crippen molar-refractivity contribution in [3.05, 3.63) is 120 Å². The predicted octanol–water partition coefficient (Wildman–Crippen LogP) is 5.91. The molecule has 1 aliphatic rings. The Morgan fingerprint density at radius 2 is 0.865 bits per heavy atom. The van der Waals surface area contributed by atoms with Gasteiger partial charge in [-0.2, -0.15) is 0 Å². The summed E-state index contributed by atoms with van der Waals surface area (Å²) in [7, 11) is 0. The molecule has 2 unspecified atom stereocenters. The lowest BCUT2D eigenvalue weighted by Gasteiger charge is -2.59. The summed E-state index contributed by atoms with van der Waals surface area (Å²) in [5.41, 5.74) is 6.63. The number of benzene rings is 4. The van der Waals surface area contributed by atoms with E-state index < -0.39 is 5.66 Å². The van der Waals surface area contributed by atoms with Crippen LogP contribution in [0.4, 0.5) is 11.4 Å². The highest BCUT2D eigenvalue weighted by atomic mass is 16.3. The number of nitrogens with zero attached hydrogens (tertiary/aromatic N) is 2. The molecule has 2 N–H and O–H groups in total. The third-order valence-electron chi connectivity index (χ3n) is 8.68. The van der Waals surface area contributed by atoms with E-state index in [4.69, 9.17) is 0 Å². The van der Waals surface area contributed by atoms with E-state index in [-0.39, 0.29) is 13.2 Å². The lowest BCUT2D eigenvalue weighted by atomic mass is 9.84. The Bertz CT molecular complexity index is 1240. The molecule has 0 aromatic heterocycles. The van der Waals surface area contributed by atoms with Crippen molar-refractivity contribution in [2.45, 2.75) is 19.5 Å². The molecule has 4 nitrogen and oxygen atoms in total. The van der Waals surface area contributed by atoms with Crippen molar-refractivity contribution in [2.24, 2.45) is 0 Å². The first kappa shape index (κ1) is 25.4. The minimum atomic E-state index is -0.648. The molecule has 4 aromatic rings. The second-order valence-electron chi connectivity index (χ2n) is 9.90. The highest BCUT2D eigenvalue weighted by Crippen LogP contribution is 2.60. The Morgan fingerprint density at radius 1 is 0.514 bits per heavy atom.